The number of hydrogen-bond acceptors (Lipinski definition) is 3. The van der Waals surface area contributed by atoms with Gasteiger partial charge in [-0.05, 0) is 40.9 Å². The first-order valence-corrected chi connectivity index (χ1v) is 6.30. The predicted octanol–water partition coefficient (Wildman–Crippen LogP) is 2.83. The zero-order valence-electron chi connectivity index (χ0n) is 9.62. The van der Waals surface area contributed by atoms with Crippen molar-refractivity contribution < 1.29 is 9.47 Å². The van der Waals surface area contributed by atoms with Gasteiger partial charge in [0.15, 0.2) is 0 Å². The maximum absolute atomic E-state index is 4.94. The van der Waals surface area contributed by atoms with Crippen LogP contribution in [-0.2, 0) is 15.9 Å². The van der Waals surface area contributed by atoms with Crippen LogP contribution in [0.4, 0.5) is 0 Å². The quantitative estimate of drug-likeness (QED) is 0.801. The van der Waals surface area contributed by atoms with E-state index in [4.69, 9.17) is 9.47 Å². The average molecular weight is 288 g/mol. The zero-order valence-corrected chi connectivity index (χ0v) is 11.2. The van der Waals surface area contributed by atoms with E-state index in [2.05, 4.69) is 20.9 Å². The highest BCUT2D eigenvalue weighted by molar-refractivity contribution is 9.10. The fraction of sp³-hybridized carbons (Fsp3) is 0.583. The Hall–Kier alpha value is -0.450. The molecule has 1 saturated heterocycles. The van der Waals surface area contributed by atoms with Crippen LogP contribution in [-0.4, -0.2) is 31.9 Å². The molecule has 0 saturated carbocycles. The Bertz CT molecular complexity index is 282. The molecule has 0 aromatic carbocycles. The number of rotatable bonds is 3. The minimum absolute atomic E-state index is 0.726. The van der Waals surface area contributed by atoms with Gasteiger partial charge in [-0.25, -0.2) is 4.98 Å². The maximum Gasteiger partial charge on any atom is 0.106 e. The van der Waals surface area contributed by atoms with Gasteiger partial charge in [0.05, 0.1) is 6.61 Å². The summed E-state index contributed by atoms with van der Waals surface area (Å²) < 4.78 is 10.8. The molecule has 2 rings (SSSR count). The van der Waals surface area contributed by atoms with Gasteiger partial charge in [0.1, 0.15) is 4.60 Å². The van der Waals surface area contributed by atoms with E-state index in [1.165, 1.54) is 12.8 Å². The van der Waals surface area contributed by atoms with E-state index in [1.807, 2.05) is 18.2 Å². The molecule has 0 unspecified atom stereocenters. The van der Waals surface area contributed by atoms with Gasteiger partial charge in [0.25, 0.3) is 0 Å². The molecule has 0 radical (unpaired) electrons. The first-order chi connectivity index (χ1) is 7.83. The zero-order chi connectivity index (χ0) is 11.6. The van der Waals surface area contributed by atoms with Crippen molar-refractivity contribution in [1.82, 2.24) is 4.98 Å². The predicted molar refractivity (Wildman–Crippen MR) is 67.6 cm³/mol. The number of hydrogen-bond donors (Lipinski definition) is 0. The highest BCUT2D eigenvalue weighted by Crippen LogP contribution is 2.06. The van der Waals surface area contributed by atoms with Crippen LogP contribution in [0, 0.1) is 0 Å². The molecule has 0 bridgehead atoms. The Balaban J connectivity index is 0.000000212. The molecule has 1 aliphatic rings. The Kier molecular flexibility index (Phi) is 7.38. The van der Waals surface area contributed by atoms with Gasteiger partial charge in [-0.1, -0.05) is 6.07 Å². The van der Waals surface area contributed by atoms with Gasteiger partial charge in [-0.2, -0.15) is 0 Å². The lowest BCUT2D eigenvalue weighted by Crippen LogP contribution is -1.96. The van der Waals surface area contributed by atoms with Gasteiger partial charge in [0.2, 0.25) is 0 Å². The molecule has 1 fully saturated rings. The molecular formula is C12H18BrNO2. The molecule has 1 aromatic rings. The topological polar surface area (TPSA) is 31.4 Å². The SMILES string of the molecule is C1CCOC1.COCCc1cccc(Br)n1. The second-order valence-corrected chi connectivity index (χ2v) is 4.33. The van der Waals surface area contributed by atoms with Gasteiger partial charge in [-0.3, -0.25) is 0 Å². The summed E-state index contributed by atoms with van der Waals surface area (Å²) in [6, 6.07) is 5.88. The maximum atomic E-state index is 4.94. The van der Waals surface area contributed by atoms with E-state index in [9.17, 15) is 0 Å². The minimum Gasteiger partial charge on any atom is -0.384 e. The molecular weight excluding hydrogens is 270 g/mol. The van der Waals surface area contributed by atoms with Crippen LogP contribution in [0.2, 0.25) is 0 Å². The number of nitrogens with zero attached hydrogens (tertiary/aromatic N) is 1. The molecule has 1 aromatic heterocycles. The Morgan fingerprint density at radius 3 is 2.62 bits per heavy atom. The van der Waals surface area contributed by atoms with Gasteiger partial charge in [-0.15, -0.1) is 0 Å². The third kappa shape index (κ3) is 6.20. The fourth-order valence-electron chi connectivity index (χ4n) is 1.31. The molecule has 0 N–H and O–H groups in total. The summed E-state index contributed by atoms with van der Waals surface area (Å²) in [6.45, 7) is 2.73. The lowest BCUT2D eigenvalue weighted by molar-refractivity contribution is 0.198. The van der Waals surface area contributed by atoms with E-state index in [0.717, 1.165) is 36.5 Å². The number of methoxy groups -OCH3 is 1. The first kappa shape index (κ1) is 13.6. The third-order valence-corrected chi connectivity index (χ3v) is 2.60. The van der Waals surface area contributed by atoms with Crippen molar-refractivity contribution >= 4 is 15.9 Å². The standard InChI is InChI=1S/C8H10BrNO.C4H8O/c1-11-6-5-7-3-2-4-8(9)10-7;1-2-4-5-3-1/h2-4H,5-6H2,1H3;1-4H2. The van der Waals surface area contributed by atoms with Crippen molar-refractivity contribution in [3.8, 4) is 0 Å². The van der Waals surface area contributed by atoms with Crippen LogP contribution in [0.3, 0.4) is 0 Å². The Morgan fingerprint density at radius 2 is 2.12 bits per heavy atom. The summed E-state index contributed by atoms with van der Waals surface area (Å²) >= 11 is 3.30. The van der Waals surface area contributed by atoms with E-state index in [0.29, 0.717) is 0 Å². The van der Waals surface area contributed by atoms with E-state index in [1.54, 1.807) is 7.11 Å². The smallest absolute Gasteiger partial charge is 0.106 e. The number of pyridine rings is 1. The van der Waals surface area contributed by atoms with E-state index in [-0.39, 0.29) is 0 Å². The Morgan fingerprint density at radius 1 is 1.38 bits per heavy atom. The van der Waals surface area contributed by atoms with Crippen LogP contribution >= 0.6 is 15.9 Å². The molecule has 0 aliphatic carbocycles. The average Bonchev–Trinajstić information content (AvgIpc) is 2.85. The summed E-state index contributed by atoms with van der Waals surface area (Å²) in [4.78, 5) is 4.25. The van der Waals surface area contributed by atoms with Crippen molar-refractivity contribution in [3.05, 3.63) is 28.5 Å². The van der Waals surface area contributed by atoms with Gasteiger partial charge in [0, 0.05) is 32.4 Å². The largest absolute Gasteiger partial charge is 0.384 e. The van der Waals surface area contributed by atoms with E-state index < -0.39 is 0 Å². The summed E-state index contributed by atoms with van der Waals surface area (Å²) in [5.74, 6) is 0. The highest BCUT2D eigenvalue weighted by atomic mass is 79.9. The normalized spacial score (nSPS) is 14.4. The highest BCUT2D eigenvalue weighted by Gasteiger charge is 1.95. The molecule has 4 heteroatoms. The van der Waals surface area contributed by atoms with Crippen LogP contribution in [0.15, 0.2) is 22.8 Å². The molecule has 90 valence electrons. The molecule has 0 atom stereocenters. The van der Waals surface area contributed by atoms with Crippen molar-refractivity contribution in [3.63, 3.8) is 0 Å². The van der Waals surface area contributed by atoms with Gasteiger partial charge < -0.3 is 9.47 Å². The molecule has 2 heterocycles. The second-order valence-electron chi connectivity index (χ2n) is 3.51. The summed E-state index contributed by atoms with van der Waals surface area (Å²) in [5, 5.41) is 0. The van der Waals surface area contributed by atoms with E-state index >= 15 is 0 Å². The monoisotopic (exact) mass is 287 g/mol. The molecule has 3 nitrogen and oxygen atoms in total. The fourth-order valence-corrected chi connectivity index (χ4v) is 1.69. The lowest BCUT2D eigenvalue weighted by atomic mass is 10.3. The van der Waals surface area contributed by atoms with Gasteiger partial charge >= 0.3 is 0 Å². The van der Waals surface area contributed by atoms with Crippen LogP contribution in [0.1, 0.15) is 18.5 Å². The third-order valence-electron chi connectivity index (χ3n) is 2.16. The van der Waals surface area contributed by atoms with Crippen LogP contribution in [0.5, 0.6) is 0 Å². The molecule has 0 spiro atoms. The van der Waals surface area contributed by atoms with Crippen molar-refractivity contribution in [2.75, 3.05) is 26.9 Å². The first-order valence-electron chi connectivity index (χ1n) is 5.51. The number of ether oxygens (including phenoxy) is 2. The molecule has 1 aliphatic heterocycles. The Labute approximate surface area is 105 Å². The summed E-state index contributed by atoms with van der Waals surface area (Å²) in [5.41, 5.74) is 1.06. The van der Waals surface area contributed by atoms with Crippen LogP contribution in [0.25, 0.3) is 0 Å². The van der Waals surface area contributed by atoms with Crippen molar-refractivity contribution in [1.29, 1.82) is 0 Å². The summed E-state index contributed by atoms with van der Waals surface area (Å²) in [6.07, 6.45) is 3.43. The van der Waals surface area contributed by atoms with Crippen molar-refractivity contribution in [2.45, 2.75) is 19.3 Å². The minimum atomic E-state index is 0.726. The van der Waals surface area contributed by atoms with Crippen LogP contribution < -0.4 is 0 Å². The molecule has 0 amide bonds. The molecule has 16 heavy (non-hydrogen) atoms. The summed E-state index contributed by atoms with van der Waals surface area (Å²) in [7, 11) is 1.69. The number of halogens is 1. The number of aromatic nitrogens is 1. The lowest BCUT2D eigenvalue weighted by Gasteiger charge is -1.98. The van der Waals surface area contributed by atoms with Crippen molar-refractivity contribution in [2.24, 2.45) is 0 Å². The second kappa shape index (κ2) is 8.67.